The summed E-state index contributed by atoms with van der Waals surface area (Å²) >= 11 is 0. The van der Waals surface area contributed by atoms with Crippen molar-refractivity contribution in [2.45, 2.75) is 25.9 Å². The molecule has 0 aliphatic carbocycles. The highest BCUT2D eigenvalue weighted by Gasteiger charge is 2.08. The van der Waals surface area contributed by atoms with Crippen LogP contribution in [0, 0.1) is 6.57 Å². The first-order chi connectivity index (χ1) is 11.7. The smallest absolute Gasteiger partial charge is 0.187 e. The number of aliphatic hydroxyl groups is 1. The lowest BCUT2D eigenvalue weighted by Crippen LogP contribution is -2.20. The molecule has 1 N–H and O–H groups in total. The lowest BCUT2D eigenvalue weighted by atomic mass is 10.1. The van der Waals surface area contributed by atoms with Crippen molar-refractivity contribution in [3.63, 3.8) is 0 Å². The van der Waals surface area contributed by atoms with Gasteiger partial charge in [-0.3, -0.25) is 0 Å². The van der Waals surface area contributed by atoms with Crippen LogP contribution in [-0.2, 0) is 17.6 Å². The minimum atomic E-state index is -0.153. The van der Waals surface area contributed by atoms with E-state index in [9.17, 15) is 5.11 Å². The fourth-order valence-corrected chi connectivity index (χ4v) is 2.42. The van der Waals surface area contributed by atoms with Crippen molar-refractivity contribution >= 4 is 5.69 Å². The van der Waals surface area contributed by atoms with Crippen LogP contribution in [0.1, 0.15) is 18.1 Å². The van der Waals surface area contributed by atoms with Gasteiger partial charge in [0.1, 0.15) is 5.75 Å². The highest BCUT2D eigenvalue weighted by atomic mass is 16.5. The van der Waals surface area contributed by atoms with Gasteiger partial charge in [-0.25, -0.2) is 4.85 Å². The first kappa shape index (κ1) is 18.0. The van der Waals surface area contributed by atoms with Crippen molar-refractivity contribution in [3.05, 3.63) is 71.1 Å². The molecular weight excluding hydrogens is 302 g/mol. The van der Waals surface area contributed by atoms with Gasteiger partial charge in [-0.05, 0) is 30.2 Å². The molecule has 126 valence electrons. The number of hydrogen-bond acceptors (Lipinski definition) is 3. The second-order valence-corrected chi connectivity index (χ2v) is 5.48. The van der Waals surface area contributed by atoms with Crippen molar-refractivity contribution < 1.29 is 14.6 Å². The van der Waals surface area contributed by atoms with Crippen LogP contribution in [0.3, 0.4) is 0 Å². The van der Waals surface area contributed by atoms with E-state index in [1.807, 2.05) is 55.5 Å². The Bertz CT molecular complexity index is 644. The molecule has 24 heavy (non-hydrogen) atoms. The zero-order valence-corrected chi connectivity index (χ0v) is 13.9. The minimum absolute atomic E-state index is 0.0262. The van der Waals surface area contributed by atoms with Gasteiger partial charge in [0.05, 0.1) is 25.9 Å². The van der Waals surface area contributed by atoms with E-state index in [2.05, 4.69) is 4.85 Å². The summed E-state index contributed by atoms with van der Waals surface area (Å²) in [6.07, 6.45) is 1.34. The summed E-state index contributed by atoms with van der Waals surface area (Å²) in [6, 6.07) is 15.5. The molecule has 2 rings (SSSR count). The molecule has 4 nitrogen and oxygen atoms in total. The Morgan fingerprint density at radius 2 is 1.71 bits per heavy atom. The fraction of sp³-hybridized carbons (Fsp3) is 0.350. The molecule has 0 saturated heterocycles. The molecule has 0 aliphatic rings. The summed E-state index contributed by atoms with van der Waals surface area (Å²) in [5.41, 5.74) is 2.93. The maximum Gasteiger partial charge on any atom is 0.187 e. The predicted octanol–water partition coefficient (Wildman–Crippen LogP) is 3.80. The summed E-state index contributed by atoms with van der Waals surface area (Å²) < 4.78 is 11.2. The number of ether oxygens (including phenoxy) is 2. The van der Waals surface area contributed by atoms with E-state index in [0.717, 1.165) is 23.3 Å². The number of nitrogens with zero attached hydrogens (tertiary/aromatic N) is 1. The van der Waals surface area contributed by atoms with Crippen molar-refractivity contribution in [2.75, 3.05) is 19.8 Å². The van der Waals surface area contributed by atoms with Crippen molar-refractivity contribution in [1.29, 1.82) is 0 Å². The molecule has 2 aromatic rings. The standard InChI is InChI=1S/C20H23NO3/c1-3-23-20(15-22)14-17-6-10-19(11-7-17)24-13-12-16-4-8-18(21-2)9-5-16/h4-11,20,22H,3,12-15H2,1H3. The molecule has 0 fully saturated rings. The third-order valence-corrected chi connectivity index (χ3v) is 3.72. The first-order valence-corrected chi connectivity index (χ1v) is 8.15. The van der Waals surface area contributed by atoms with Gasteiger partial charge in [-0.15, -0.1) is 0 Å². The zero-order valence-electron chi connectivity index (χ0n) is 13.9. The molecule has 1 atom stereocenters. The molecule has 0 radical (unpaired) electrons. The minimum Gasteiger partial charge on any atom is -0.493 e. The highest BCUT2D eigenvalue weighted by molar-refractivity contribution is 5.45. The maximum absolute atomic E-state index is 9.26. The average Bonchev–Trinajstić information content (AvgIpc) is 2.63. The summed E-state index contributed by atoms with van der Waals surface area (Å²) in [5, 5.41) is 9.26. The molecule has 0 spiro atoms. The Morgan fingerprint density at radius 1 is 1.04 bits per heavy atom. The van der Waals surface area contributed by atoms with Crippen LogP contribution < -0.4 is 4.74 Å². The van der Waals surface area contributed by atoms with Gasteiger partial charge < -0.3 is 14.6 Å². The van der Waals surface area contributed by atoms with E-state index < -0.39 is 0 Å². The van der Waals surface area contributed by atoms with Crippen LogP contribution in [0.4, 0.5) is 5.69 Å². The van der Waals surface area contributed by atoms with Crippen molar-refractivity contribution in [3.8, 4) is 5.75 Å². The van der Waals surface area contributed by atoms with E-state index in [0.29, 0.717) is 25.3 Å². The SMILES string of the molecule is [C-]#[N+]c1ccc(CCOc2ccc(CC(CO)OCC)cc2)cc1. The lowest BCUT2D eigenvalue weighted by Gasteiger charge is -2.14. The van der Waals surface area contributed by atoms with Crippen LogP contribution in [0.25, 0.3) is 4.85 Å². The number of rotatable bonds is 9. The monoisotopic (exact) mass is 325 g/mol. The van der Waals surface area contributed by atoms with Crippen molar-refractivity contribution in [2.24, 2.45) is 0 Å². The molecule has 0 aliphatic heterocycles. The van der Waals surface area contributed by atoms with Crippen LogP contribution in [-0.4, -0.2) is 31.0 Å². The third-order valence-electron chi connectivity index (χ3n) is 3.72. The number of hydrogen-bond donors (Lipinski definition) is 1. The molecule has 0 amide bonds. The third kappa shape index (κ3) is 5.69. The Labute approximate surface area is 143 Å². The van der Waals surface area contributed by atoms with Crippen molar-refractivity contribution in [1.82, 2.24) is 0 Å². The Kier molecular flexibility index (Phi) is 7.28. The van der Waals surface area contributed by atoms with E-state index in [4.69, 9.17) is 16.0 Å². The molecule has 0 aromatic heterocycles. The van der Waals surface area contributed by atoms with Gasteiger partial charge in [0, 0.05) is 19.4 Å². The maximum atomic E-state index is 9.26. The quantitative estimate of drug-likeness (QED) is 0.713. The lowest BCUT2D eigenvalue weighted by molar-refractivity contribution is 0.0207. The normalized spacial score (nSPS) is 11.7. The molecule has 0 heterocycles. The fourth-order valence-electron chi connectivity index (χ4n) is 2.42. The van der Waals surface area contributed by atoms with Gasteiger partial charge in [0.25, 0.3) is 0 Å². The van der Waals surface area contributed by atoms with Gasteiger partial charge in [0.2, 0.25) is 0 Å². The summed E-state index contributed by atoms with van der Waals surface area (Å²) in [7, 11) is 0. The van der Waals surface area contributed by atoms with E-state index >= 15 is 0 Å². The molecule has 1 unspecified atom stereocenters. The first-order valence-electron chi connectivity index (χ1n) is 8.15. The molecule has 4 heteroatoms. The van der Waals surface area contributed by atoms with Crippen LogP contribution >= 0.6 is 0 Å². The van der Waals surface area contributed by atoms with Gasteiger partial charge in [0.15, 0.2) is 5.69 Å². The zero-order chi connectivity index (χ0) is 17.2. The summed E-state index contributed by atoms with van der Waals surface area (Å²) in [4.78, 5) is 3.38. The second-order valence-electron chi connectivity index (χ2n) is 5.48. The van der Waals surface area contributed by atoms with Crippen LogP contribution in [0.5, 0.6) is 5.75 Å². The highest BCUT2D eigenvalue weighted by Crippen LogP contribution is 2.16. The van der Waals surface area contributed by atoms with Crippen LogP contribution in [0.2, 0.25) is 0 Å². The van der Waals surface area contributed by atoms with Gasteiger partial charge >= 0.3 is 0 Å². The average molecular weight is 325 g/mol. The Hall–Kier alpha value is -2.35. The number of aliphatic hydroxyl groups excluding tert-OH is 1. The topological polar surface area (TPSA) is 43.0 Å². The van der Waals surface area contributed by atoms with Gasteiger partial charge in [-0.2, -0.15) is 0 Å². The number of benzene rings is 2. The van der Waals surface area contributed by atoms with Gasteiger partial charge in [-0.1, -0.05) is 36.4 Å². The molecular formula is C20H23NO3. The van der Waals surface area contributed by atoms with E-state index in [-0.39, 0.29) is 12.7 Å². The Balaban J connectivity index is 1.79. The van der Waals surface area contributed by atoms with Crippen LogP contribution in [0.15, 0.2) is 48.5 Å². The largest absolute Gasteiger partial charge is 0.493 e. The molecule has 0 bridgehead atoms. The molecule has 0 saturated carbocycles. The second kappa shape index (κ2) is 9.71. The Morgan fingerprint density at radius 3 is 2.29 bits per heavy atom. The van der Waals surface area contributed by atoms with E-state index in [1.165, 1.54) is 0 Å². The molecule has 2 aromatic carbocycles. The van der Waals surface area contributed by atoms with E-state index in [1.54, 1.807) is 0 Å². The summed E-state index contributed by atoms with van der Waals surface area (Å²) in [6.45, 7) is 10.1. The predicted molar refractivity (Wildman–Crippen MR) is 94.5 cm³/mol. The summed E-state index contributed by atoms with van der Waals surface area (Å²) in [5.74, 6) is 0.827.